The zero-order chi connectivity index (χ0) is 7.72. The van der Waals surface area contributed by atoms with Crippen molar-refractivity contribution in [3.05, 3.63) is 0 Å². The number of carbonyl (C=O) groups is 1. The largest absolute Gasteiger partial charge is 0.386 e. The van der Waals surface area contributed by atoms with E-state index in [4.69, 9.17) is 5.73 Å². The van der Waals surface area contributed by atoms with E-state index >= 15 is 0 Å². The first-order chi connectivity index (χ1) is 4.63. The number of carbonyl (C=O) groups excluding carboxylic acids is 1. The molecule has 0 aromatic rings. The third kappa shape index (κ3) is 1.13. The van der Waals surface area contributed by atoms with E-state index in [0.29, 0.717) is 12.5 Å². The lowest BCUT2D eigenvalue weighted by Crippen LogP contribution is -2.45. The van der Waals surface area contributed by atoms with E-state index in [1.54, 1.807) is 7.05 Å². The summed E-state index contributed by atoms with van der Waals surface area (Å²) in [5.74, 6) is 0.329. The molecule has 56 valence electrons. The van der Waals surface area contributed by atoms with E-state index in [2.05, 4.69) is 20.9 Å². The molecule has 0 aliphatic carbocycles. The molecular formula is C5H8BrN3O. The van der Waals surface area contributed by atoms with Gasteiger partial charge in [-0.3, -0.25) is 4.79 Å². The first-order valence-corrected chi connectivity index (χ1v) is 3.73. The molecule has 5 heteroatoms. The third-order valence-corrected chi connectivity index (χ3v) is 2.18. The SMILES string of the molecule is CN1CN=C(N)C(Br)C1=O. The van der Waals surface area contributed by atoms with Crippen molar-refractivity contribution < 1.29 is 4.79 Å². The van der Waals surface area contributed by atoms with Gasteiger partial charge in [0.15, 0.2) is 4.83 Å². The van der Waals surface area contributed by atoms with Crippen LogP contribution in [-0.2, 0) is 4.79 Å². The van der Waals surface area contributed by atoms with E-state index in [1.165, 1.54) is 4.90 Å². The maximum absolute atomic E-state index is 11.1. The molecule has 2 N–H and O–H groups in total. The number of hydrogen-bond acceptors (Lipinski definition) is 3. The predicted molar refractivity (Wildman–Crippen MR) is 42.0 cm³/mol. The Morgan fingerprint density at radius 3 is 3.00 bits per heavy atom. The summed E-state index contributed by atoms with van der Waals surface area (Å²) in [7, 11) is 1.69. The summed E-state index contributed by atoms with van der Waals surface area (Å²) in [4.78, 5) is 16.0. The van der Waals surface area contributed by atoms with Crippen molar-refractivity contribution in [1.82, 2.24) is 4.90 Å². The Bertz CT molecular complexity index is 191. The molecule has 1 amide bonds. The quantitative estimate of drug-likeness (QED) is 0.545. The van der Waals surface area contributed by atoms with Gasteiger partial charge in [-0.15, -0.1) is 0 Å². The minimum Gasteiger partial charge on any atom is -0.386 e. The van der Waals surface area contributed by atoms with Crippen LogP contribution in [0.5, 0.6) is 0 Å². The van der Waals surface area contributed by atoms with Crippen LogP contribution in [0.3, 0.4) is 0 Å². The Morgan fingerprint density at radius 1 is 1.90 bits per heavy atom. The van der Waals surface area contributed by atoms with Gasteiger partial charge >= 0.3 is 0 Å². The van der Waals surface area contributed by atoms with Gasteiger partial charge in [-0.2, -0.15) is 0 Å². The second-order valence-electron chi connectivity index (χ2n) is 2.12. The Hall–Kier alpha value is -0.580. The summed E-state index contributed by atoms with van der Waals surface area (Å²) >= 11 is 3.11. The summed E-state index contributed by atoms with van der Waals surface area (Å²) in [5, 5.41) is 0. The van der Waals surface area contributed by atoms with E-state index in [9.17, 15) is 4.79 Å². The molecule has 0 saturated heterocycles. The molecule has 0 spiro atoms. The minimum absolute atomic E-state index is 0.0347. The number of nitrogens with two attached hydrogens (primary N) is 1. The van der Waals surface area contributed by atoms with Crippen molar-refractivity contribution in [2.45, 2.75) is 4.83 Å². The molecule has 10 heavy (non-hydrogen) atoms. The van der Waals surface area contributed by atoms with Crippen molar-refractivity contribution in [3.8, 4) is 0 Å². The topological polar surface area (TPSA) is 58.7 Å². The number of amidine groups is 1. The molecule has 0 aromatic carbocycles. The number of alkyl halides is 1. The van der Waals surface area contributed by atoms with Crippen LogP contribution >= 0.6 is 15.9 Å². The second-order valence-corrected chi connectivity index (χ2v) is 3.04. The number of amides is 1. The van der Waals surface area contributed by atoms with Gasteiger partial charge in [0.25, 0.3) is 0 Å². The molecule has 0 aromatic heterocycles. The maximum Gasteiger partial charge on any atom is 0.245 e. The summed E-state index contributed by atoms with van der Waals surface area (Å²) in [6.07, 6.45) is 0. The summed E-state index contributed by atoms with van der Waals surface area (Å²) in [5.41, 5.74) is 5.39. The van der Waals surface area contributed by atoms with Gasteiger partial charge in [-0.25, -0.2) is 4.99 Å². The number of halogens is 1. The molecule has 1 rings (SSSR count). The fourth-order valence-electron chi connectivity index (χ4n) is 0.658. The smallest absolute Gasteiger partial charge is 0.245 e. The number of aliphatic imine (C=N–C) groups is 1. The second kappa shape index (κ2) is 2.57. The lowest BCUT2D eigenvalue weighted by molar-refractivity contribution is -0.128. The zero-order valence-corrected chi connectivity index (χ0v) is 7.13. The van der Waals surface area contributed by atoms with Crippen molar-refractivity contribution >= 4 is 27.7 Å². The number of nitrogens with zero attached hydrogens (tertiary/aromatic N) is 2. The summed E-state index contributed by atoms with van der Waals surface area (Å²) < 4.78 is 0. The van der Waals surface area contributed by atoms with Crippen LogP contribution in [0.15, 0.2) is 4.99 Å². The molecule has 1 aliphatic heterocycles. The summed E-state index contributed by atoms with van der Waals surface area (Å²) in [6.45, 7) is 0.368. The molecule has 1 aliphatic rings. The van der Waals surface area contributed by atoms with Crippen molar-refractivity contribution in [2.75, 3.05) is 13.7 Å². The molecular weight excluding hydrogens is 198 g/mol. The van der Waals surface area contributed by atoms with Gasteiger partial charge in [0, 0.05) is 7.05 Å². The maximum atomic E-state index is 11.1. The minimum atomic E-state index is -0.425. The molecule has 1 heterocycles. The van der Waals surface area contributed by atoms with Crippen molar-refractivity contribution in [2.24, 2.45) is 10.7 Å². The monoisotopic (exact) mass is 205 g/mol. The third-order valence-electron chi connectivity index (χ3n) is 1.32. The van der Waals surface area contributed by atoms with Crippen molar-refractivity contribution in [3.63, 3.8) is 0 Å². The molecule has 0 saturated carbocycles. The molecule has 0 bridgehead atoms. The summed E-state index contributed by atoms with van der Waals surface area (Å²) in [6, 6.07) is 0. The highest BCUT2D eigenvalue weighted by Crippen LogP contribution is 2.08. The van der Waals surface area contributed by atoms with Crippen LogP contribution < -0.4 is 5.73 Å². The van der Waals surface area contributed by atoms with Crippen LogP contribution in [0.4, 0.5) is 0 Å². The van der Waals surface area contributed by atoms with Crippen LogP contribution in [0.25, 0.3) is 0 Å². The van der Waals surface area contributed by atoms with Gasteiger partial charge in [0.05, 0.1) is 0 Å². The average molecular weight is 206 g/mol. The first-order valence-electron chi connectivity index (χ1n) is 2.82. The number of hydrogen-bond donors (Lipinski definition) is 1. The van der Waals surface area contributed by atoms with Crippen LogP contribution in [-0.4, -0.2) is 35.2 Å². The first kappa shape index (κ1) is 7.53. The highest BCUT2D eigenvalue weighted by atomic mass is 79.9. The fourth-order valence-corrected chi connectivity index (χ4v) is 1.15. The highest BCUT2D eigenvalue weighted by molar-refractivity contribution is 9.10. The van der Waals surface area contributed by atoms with Gasteiger partial charge < -0.3 is 10.6 Å². The average Bonchev–Trinajstić information content (AvgIpc) is 1.93. The van der Waals surface area contributed by atoms with Gasteiger partial charge in [0.1, 0.15) is 12.5 Å². The lowest BCUT2D eigenvalue weighted by Gasteiger charge is -2.23. The molecule has 0 radical (unpaired) electrons. The normalized spacial score (nSPS) is 26.6. The van der Waals surface area contributed by atoms with E-state index in [0.717, 1.165) is 0 Å². The van der Waals surface area contributed by atoms with Crippen LogP contribution in [0.1, 0.15) is 0 Å². The Labute approximate surface area is 67.2 Å². The Balaban J connectivity index is 2.81. The van der Waals surface area contributed by atoms with E-state index in [1.807, 2.05) is 0 Å². The molecule has 1 atom stereocenters. The fraction of sp³-hybridized carbons (Fsp3) is 0.600. The predicted octanol–water partition coefficient (Wildman–Crippen LogP) is -0.463. The molecule has 1 unspecified atom stereocenters. The van der Waals surface area contributed by atoms with Crippen LogP contribution in [0.2, 0.25) is 0 Å². The Kier molecular flexibility index (Phi) is 1.94. The van der Waals surface area contributed by atoms with Gasteiger partial charge in [-0.1, -0.05) is 15.9 Å². The molecule has 4 nitrogen and oxygen atoms in total. The number of rotatable bonds is 0. The van der Waals surface area contributed by atoms with E-state index < -0.39 is 4.83 Å². The highest BCUT2D eigenvalue weighted by Gasteiger charge is 2.25. The van der Waals surface area contributed by atoms with Gasteiger partial charge in [-0.05, 0) is 0 Å². The van der Waals surface area contributed by atoms with Crippen LogP contribution in [0, 0.1) is 0 Å². The van der Waals surface area contributed by atoms with E-state index in [-0.39, 0.29) is 5.91 Å². The standard InChI is InChI=1S/C5H8BrN3O/c1-9-2-8-4(7)3(6)5(9)10/h3H,2H2,1H3,(H2,7,8). The molecule has 0 fully saturated rings. The van der Waals surface area contributed by atoms with Crippen molar-refractivity contribution in [1.29, 1.82) is 0 Å². The Morgan fingerprint density at radius 2 is 2.50 bits per heavy atom. The van der Waals surface area contributed by atoms with Gasteiger partial charge in [0.2, 0.25) is 5.91 Å². The lowest BCUT2D eigenvalue weighted by atomic mass is 10.3. The zero-order valence-electron chi connectivity index (χ0n) is 5.54.